The molecule has 6 nitrogen and oxygen atoms in total. The first-order valence-corrected chi connectivity index (χ1v) is 9.28. The minimum absolute atomic E-state index is 0.128. The molecule has 8 heteroatoms. The largest absolute Gasteiger partial charge is 0.352 e. The molecule has 1 heterocycles. The molecule has 1 N–H and O–H groups in total. The number of rotatable bonds is 4. The summed E-state index contributed by atoms with van der Waals surface area (Å²) in [4.78, 5) is 38.9. The molecule has 28 heavy (non-hydrogen) atoms. The van der Waals surface area contributed by atoms with Crippen LogP contribution in [0.4, 0.5) is 4.39 Å². The second kappa shape index (κ2) is 6.91. The third-order valence-electron chi connectivity index (χ3n) is 4.83. The molecule has 1 amide bonds. The second-order valence-corrected chi connectivity index (χ2v) is 7.33. The maximum atomic E-state index is 13.3. The zero-order chi connectivity index (χ0) is 20.0. The van der Waals surface area contributed by atoms with E-state index in [1.54, 1.807) is 13.0 Å². The van der Waals surface area contributed by atoms with Gasteiger partial charge in [-0.1, -0.05) is 11.6 Å². The lowest BCUT2D eigenvalue weighted by molar-refractivity contribution is -0.124. The molecule has 4 rings (SSSR count). The molecule has 1 fully saturated rings. The van der Waals surface area contributed by atoms with Gasteiger partial charge in [0.2, 0.25) is 5.91 Å². The summed E-state index contributed by atoms with van der Waals surface area (Å²) in [5.74, 6) is -0.794. The fraction of sp³-hybridized carbons (Fsp3) is 0.250. The van der Waals surface area contributed by atoms with E-state index in [1.165, 1.54) is 41.0 Å². The monoisotopic (exact) mass is 401 g/mol. The first-order valence-electron chi connectivity index (χ1n) is 8.90. The molecule has 1 aliphatic rings. The first-order chi connectivity index (χ1) is 13.4. The van der Waals surface area contributed by atoms with Gasteiger partial charge in [-0.2, -0.15) is 0 Å². The van der Waals surface area contributed by atoms with E-state index in [9.17, 15) is 18.8 Å². The van der Waals surface area contributed by atoms with Crippen LogP contribution in [0.15, 0.2) is 52.1 Å². The van der Waals surface area contributed by atoms with Crippen molar-refractivity contribution in [3.63, 3.8) is 0 Å². The van der Waals surface area contributed by atoms with Gasteiger partial charge in [0.1, 0.15) is 11.9 Å². The first kappa shape index (κ1) is 18.4. The minimum Gasteiger partial charge on any atom is -0.352 e. The van der Waals surface area contributed by atoms with Crippen LogP contribution in [-0.4, -0.2) is 21.1 Å². The summed E-state index contributed by atoms with van der Waals surface area (Å²) in [6, 6.07) is 8.85. The van der Waals surface area contributed by atoms with Crippen molar-refractivity contribution >= 4 is 28.4 Å². The van der Waals surface area contributed by atoms with Gasteiger partial charge in [0.05, 0.1) is 16.6 Å². The molecule has 0 aliphatic heterocycles. The zero-order valence-corrected chi connectivity index (χ0v) is 15.7. The number of benzene rings is 2. The van der Waals surface area contributed by atoms with Gasteiger partial charge < -0.3 is 5.32 Å². The summed E-state index contributed by atoms with van der Waals surface area (Å²) in [7, 11) is 0. The van der Waals surface area contributed by atoms with Crippen molar-refractivity contribution in [1.29, 1.82) is 0 Å². The number of nitrogens with zero attached hydrogens (tertiary/aromatic N) is 2. The summed E-state index contributed by atoms with van der Waals surface area (Å²) in [5, 5.41) is 3.45. The molecule has 1 aliphatic carbocycles. The molecule has 0 unspecified atom stereocenters. The number of carbonyl (C=O) groups is 1. The predicted molar refractivity (Wildman–Crippen MR) is 105 cm³/mol. The highest BCUT2D eigenvalue weighted by Gasteiger charge is 2.28. The molecule has 1 atom stereocenters. The number of aromatic nitrogens is 2. The Morgan fingerprint density at radius 3 is 2.50 bits per heavy atom. The topological polar surface area (TPSA) is 73.1 Å². The molecule has 3 aromatic rings. The Labute approximate surface area is 164 Å². The number of amides is 1. The Morgan fingerprint density at radius 2 is 1.86 bits per heavy atom. The van der Waals surface area contributed by atoms with Gasteiger partial charge in [0.25, 0.3) is 5.56 Å². The van der Waals surface area contributed by atoms with Gasteiger partial charge in [-0.15, -0.1) is 0 Å². The SMILES string of the molecule is C[C@H](C(=O)NC1CC1)n1c(=O)n(-c2ccc(F)cc2)c(=O)c2ccc(Cl)cc21. The second-order valence-electron chi connectivity index (χ2n) is 6.89. The smallest absolute Gasteiger partial charge is 0.336 e. The van der Waals surface area contributed by atoms with Gasteiger partial charge >= 0.3 is 5.69 Å². The van der Waals surface area contributed by atoms with Crippen LogP contribution in [0.1, 0.15) is 25.8 Å². The maximum Gasteiger partial charge on any atom is 0.336 e. The average molecular weight is 402 g/mol. The summed E-state index contributed by atoms with van der Waals surface area (Å²) >= 11 is 6.08. The maximum absolute atomic E-state index is 13.3. The normalized spacial score (nSPS) is 14.8. The third kappa shape index (κ3) is 3.22. The van der Waals surface area contributed by atoms with Crippen LogP contribution in [0.2, 0.25) is 5.02 Å². The van der Waals surface area contributed by atoms with Crippen LogP contribution in [0.5, 0.6) is 0 Å². The highest BCUT2D eigenvalue weighted by molar-refractivity contribution is 6.31. The number of carbonyl (C=O) groups excluding carboxylic acids is 1. The van der Waals surface area contributed by atoms with E-state index in [2.05, 4.69) is 5.32 Å². The molecular formula is C20H17ClFN3O3. The van der Waals surface area contributed by atoms with Crippen molar-refractivity contribution in [2.75, 3.05) is 0 Å². The zero-order valence-electron chi connectivity index (χ0n) is 15.0. The third-order valence-corrected chi connectivity index (χ3v) is 5.06. The minimum atomic E-state index is -0.860. The number of fused-ring (bicyclic) bond motifs is 1. The van der Waals surface area contributed by atoms with Crippen LogP contribution in [-0.2, 0) is 4.79 Å². The number of halogens is 2. The van der Waals surface area contributed by atoms with E-state index in [-0.39, 0.29) is 28.5 Å². The van der Waals surface area contributed by atoms with Gasteiger partial charge in [0.15, 0.2) is 0 Å². The van der Waals surface area contributed by atoms with Crippen molar-refractivity contribution < 1.29 is 9.18 Å². The van der Waals surface area contributed by atoms with Crippen molar-refractivity contribution in [2.45, 2.75) is 31.8 Å². The van der Waals surface area contributed by atoms with E-state index in [4.69, 9.17) is 11.6 Å². The average Bonchev–Trinajstić information content (AvgIpc) is 3.47. The Hall–Kier alpha value is -2.93. The van der Waals surface area contributed by atoms with Gasteiger partial charge in [0, 0.05) is 11.1 Å². The summed E-state index contributed by atoms with van der Waals surface area (Å²) in [6.45, 7) is 1.60. The Kier molecular flexibility index (Phi) is 4.55. The number of nitrogens with one attached hydrogen (secondary N) is 1. The van der Waals surface area contributed by atoms with E-state index >= 15 is 0 Å². The molecule has 1 aromatic heterocycles. The van der Waals surface area contributed by atoms with E-state index < -0.39 is 23.1 Å². The lowest BCUT2D eigenvalue weighted by atomic mass is 10.2. The fourth-order valence-corrected chi connectivity index (χ4v) is 3.33. The highest BCUT2D eigenvalue weighted by Crippen LogP contribution is 2.22. The van der Waals surface area contributed by atoms with Crippen LogP contribution in [0.3, 0.4) is 0 Å². The van der Waals surface area contributed by atoms with Gasteiger partial charge in [-0.25, -0.2) is 13.8 Å². The molecule has 1 saturated carbocycles. The summed E-state index contributed by atoms with van der Waals surface area (Å²) < 4.78 is 15.5. The Morgan fingerprint density at radius 1 is 1.18 bits per heavy atom. The van der Waals surface area contributed by atoms with Crippen LogP contribution in [0.25, 0.3) is 16.6 Å². The van der Waals surface area contributed by atoms with Crippen molar-refractivity contribution in [2.24, 2.45) is 0 Å². The number of hydrogen-bond acceptors (Lipinski definition) is 3. The quantitative estimate of drug-likeness (QED) is 0.730. The summed E-state index contributed by atoms with van der Waals surface area (Å²) in [6.07, 6.45) is 1.82. The predicted octanol–water partition coefficient (Wildman–Crippen LogP) is 2.78. The van der Waals surface area contributed by atoms with Crippen LogP contribution in [0, 0.1) is 5.82 Å². The molecule has 0 radical (unpaired) electrons. The molecule has 2 aromatic carbocycles. The number of hydrogen-bond donors (Lipinski definition) is 1. The van der Waals surface area contributed by atoms with Crippen molar-refractivity contribution in [3.8, 4) is 5.69 Å². The van der Waals surface area contributed by atoms with Crippen molar-refractivity contribution in [3.05, 3.63) is 74.1 Å². The van der Waals surface area contributed by atoms with Gasteiger partial charge in [-0.05, 0) is 62.2 Å². The van der Waals surface area contributed by atoms with Crippen LogP contribution < -0.4 is 16.6 Å². The molecule has 0 saturated heterocycles. The van der Waals surface area contributed by atoms with E-state index in [1.807, 2.05) is 0 Å². The lowest BCUT2D eigenvalue weighted by Gasteiger charge is -2.19. The molecule has 0 bridgehead atoms. The van der Waals surface area contributed by atoms with Gasteiger partial charge in [-0.3, -0.25) is 14.2 Å². The molecule has 0 spiro atoms. The standard InChI is InChI=1S/C20H17ClFN3O3/c1-11(18(26)23-14-5-6-14)24-17-10-12(21)2-9-16(17)19(27)25(20(24)28)15-7-3-13(22)4-8-15/h2-4,7-11,14H,5-6H2,1H3,(H,23,26)/t11-/m1/s1. The highest BCUT2D eigenvalue weighted by atomic mass is 35.5. The van der Waals surface area contributed by atoms with E-state index in [0.29, 0.717) is 5.02 Å². The molecule has 144 valence electrons. The van der Waals surface area contributed by atoms with Crippen LogP contribution >= 0.6 is 11.6 Å². The lowest BCUT2D eigenvalue weighted by Crippen LogP contribution is -2.44. The fourth-order valence-electron chi connectivity index (χ4n) is 3.16. The van der Waals surface area contributed by atoms with Crippen molar-refractivity contribution in [1.82, 2.24) is 14.5 Å². The van der Waals surface area contributed by atoms with E-state index in [0.717, 1.165) is 17.4 Å². The molecular weight excluding hydrogens is 385 g/mol. The summed E-state index contributed by atoms with van der Waals surface area (Å²) in [5.41, 5.74) is -0.754. The Bertz CT molecular complexity index is 1200. The Balaban J connectivity index is 1.99.